The quantitative estimate of drug-likeness (QED) is 0.611. The SMILES string of the molecule is O[C@@H]1CCCN([C@H]2CCCNC2)C1. The Balaban J connectivity index is 1.83. The van der Waals surface area contributed by atoms with Crippen molar-refractivity contribution in [2.75, 3.05) is 26.2 Å². The second-order valence-corrected chi connectivity index (χ2v) is 4.29. The Hall–Kier alpha value is -0.120. The monoisotopic (exact) mass is 184 g/mol. The second-order valence-electron chi connectivity index (χ2n) is 4.29. The maximum absolute atomic E-state index is 9.55. The van der Waals surface area contributed by atoms with Crippen molar-refractivity contribution in [3.8, 4) is 0 Å². The molecule has 76 valence electrons. The van der Waals surface area contributed by atoms with Crippen LogP contribution in [0.4, 0.5) is 0 Å². The van der Waals surface area contributed by atoms with Crippen LogP contribution >= 0.6 is 0 Å². The third kappa shape index (κ3) is 2.42. The van der Waals surface area contributed by atoms with Gasteiger partial charge in [0.05, 0.1) is 6.10 Å². The van der Waals surface area contributed by atoms with Crippen LogP contribution in [-0.2, 0) is 0 Å². The smallest absolute Gasteiger partial charge is 0.0667 e. The van der Waals surface area contributed by atoms with E-state index < -0.39 is 0 Å². The minimum atomic E-state index is -0.0734. The lowest BCUT2D eigenvalue weighted by molar-refractivity contribution is 0.0398. The lowest BCUT2D eigenvalue weighted by Gasteiger charge is -2.38. The highest BCUT2D eigenvalue weighted by Crippen LogP contribution is 2.16. The third-order valence-electron chi connectivity index (χ3n) is 3.22. The summed E-state index contributed by atoms with van der Waals surface area (Å²) in [5, 5.41) is 13.0. The van der Waals surface area contributed by atoms with Crippen molar-refractivity contribution in [1.82, 2.24) is 10.2 Å². The van der Waals surface area contributed by atoms with E-state index in [9.17, 15) is 5.11 Å². The first-order chi connectivity index (χ1) is 6.36. The molecule has 0 aromatic carbocycles. The van der Waals surface area contributed by atoms with Crippen molar-refractivity contribution in [2.45, 2.75) is 37.8 Å². The highest BCUT2D eigenvalue weighted by molar-refractivity contribution is 4.82. The Bertz CT molecular complexity index is 157. The van der Waals surface area contributed by atoms with E-state index in [-0.39, 0.29) is 6.10 Å². The maximum Gasteiger partial charge on any atom is 0.0667 e. The molecule has 0 radical (unpaired) electrons. The Morgan fingerprint density at radius 1 is 1.23 bits per heavy atom. The van der Waals surface area contributed by atoms with E-state index in [4.69, 9.17) is 0 Å². The van der Waals surface area contributed by atoms with Gasteiger partial charge in [-0.2, -0.15) is 0 Å². The molecule has 2 N–H and O–H groups in total. The fourth-order valence-electron chi connectivity index (χ4n) is 2.46. The first-order valence-electron chi connectivity index (χ1n) is 5.49. The Morgan fingerprint density at radius 2 is 2.15 bits per heavy atom. The minimum Gasteiger partial charge on any atom is -0.392 e. The summed E-state index contributed by atoms with van der Waals surface area (Å²) < 4.78 is 0. The Kier molecular flexibility index (Phi) is 3.19. The van der Waals surface area contributed by atoms with Crippen LogP contribution in [0.5, 0.6) is 0 Å². The van der Waals surface area contributed by atoms with Gasteiger partial charge in [-0.15, -0.1) is 0 Å². The fraction of sp³-hybridized carbons (Fsp3) is 1.00. The molecule has 2 heterocycles. The van der Waals surface area contributed by atoms with Crippen molar-refractivity contribution in [3.63, 3.8) is 0 Å². The number of β-amino-alcohol motifs (C(OH)–C–C–N with tert-alkyl or cyclic N) is 1. The molecule has 2 atom stereocenters. The standard InChI is InChI=1S/C10H20N2O/c13-10-4-2-6-12(8-10)9-3-1-5-11-7-9/h9-11,13H,1-8H2/t9-,10+/m0/s1. The molecule has 2 fully saturated rings. The molecule has 2 rings (SSSR count). The van der Waals surface area contributed by atoms with Gasteiger partial charge in [-0.05, 0) is 38.8 Å². The number of hydrogen-bond donors (Lipinski definition) is 2. The lowest BCUT2D eigenvalue weighted by Crippen LogP contribution is -2.50. The molecule has 2 aliphatic rings. The highest BCUT2D eigenvalue weighted by Gasteiger charge is 2.25. The zero-order chi connectivity index (χ0) is 9.10. The minimum absolute atomic E-state index is 0.0734. The fourth-order valence-corrected chi connectivity index (χ4v) is 2.46. The van der Waals surface area contributed by atoms with Gasteiger partial charge in [0.2, 0.25) is 0 Å². The van der Waals surface area contributed by atoms with Crippen LogP contribution in [0.1, 0.15) is 25.7 Å². The molecule has 0 aliphatic carbocycles. The van der Waals surface area contributed by atoms with Crippen LogP contribution < -0.4 is 5.32 Å². The Morgan fingerprint density at radius 3 is 2.85 bits per heavy atom. The summed E-state index contributed by atoms with van der Waals surface area (Å²) in [5.74, 6) is 0. The average Bonchev–Trinajstić information content (AvgIpc) is 2.19. The van der Waals surface area contributed by atoms with Crippen LogP contribution in [0.25, 0.3) is 0 Å². The van der Waals surface area contributed by atoms with Crippen LogP contribution in [-0.4, -0.2) is 48.3 Å². The predicted octanol–water partition coefficient (Wildman–Crippen LogP) is 0.195. The van der Waals surface area contributed by atoms with Crippen LogP contribution in [0.3, 0.4) is 0 Å². The van der Waals surface area contributed by atoms with E-state index in [1.165, 1.54) is 25.9 Å². The number of hydrogen-bond acceptors (Lipinski definition) is 3. The molecule has 0 aromatic rings. The van der Waals surface area contributed by atoms with E-state index >= 15 is 0 Å². The van der Waals surface area contributed by atoms with Crippen LogP contribution in [0.2, 0.25) is 0 Å². The second kappa shape index (κ2) is 4.40. The third-order valence-corrected chi connectivity index (χ3v) is 3.22. The topological polar surface area (TPSA) is 35.5 Å². The van der Waals surface area contributed by atoms with Crippen molar-refractivity contribution in [2.24, 2.45) is 0 Å². The molecule has 0 saturated carbocycles. The molecule has 0 unspecified atom stereocenters. The van der Waals surface area contributed by atoms with Gasteiger partial charge in [0.1, 0.15) is 0 Å². The molecule has 3 nitrogen and oxygen atoms in total. The number of aliphatic hydroxyl groups excluding tert-OH is 1. The number of likely N-dealkylation sites (tertiary alicyclic amines) is 1. The summed E-state index contributed by atoms with van der Waals surface area (Å²) in [6.07, 6.45) is 4.68. The van der Waals surface area contributed by atoms with Gasteiger partial charge in [-0.25, -0.2) is 0 Å². The zero-order valence-corrected chi connectivity index (χ0v) is 8.21. The summed E-state index contributed by atoms with van der Waals surface area (Å²) in [6.45, 7) is 4.37. The number of nitrogens with zero attached hydrogens (tertiary/aromatic N) is 1. The summed E-state index contributed by atoms with van der Waals surface area (Å²) >= 11 is 0. The van der Waals surface area contributed by atoms with Crippen molar-refractivity contribution < 1.29 is 5.11 Å². The molecular weight excluding hydrogens is 164 g/mol. The van der Waals surface area contributed by atoms with E-state index in [0.717, 1.165) is 25.9 Å². The summed E-state index contributed by atoms with van der Waals surface area (Å²) in [6, 6.07) is 0.684. The van der Waals surface area contributed by atoms with E-state index in [1.807, 2.05) is 0 Å². The molecule has 3 heteroatoms. The molecular formula is C10H20N2O. The number of piperidine rings is 2. The molecule has 0 spiro atoms. The average molecular weight is 184 g/mol. The van der Waals surface area contributed by atoms with Gasteiger partial charge in [-0.1, -0.05) is 0 Å². The zero-order valence-electron chi connectivity index (χ0n) is 8.21. The van der Waals surface area contributed by atoms with Crippen molar-refractivity contribution in [1.29, 1.82) is 0 Å². The molecule has 13 heavy (non-hydrogen) atoms. The number of nitrogens with one attached hydrogen (secondary N) is 1. The van der Waals surface area contributed by atoms with Crippen molar-refractivity contribution >= 4 is 0 Å². The summed E-state index contributed by atoms with van der Waals surface area (Å²) in [7, 11) is 0. The molecule has 0 amide bonds. The van der Waals surface area contributed by atoms with Gasteiger partial charge in [0.25, 0.3) is 0 Å². The van der Waals surface area contributed by atoms with Gasteiger partial charge in [0, 0.05) is 19.1 Å². The molecule has 0 aromatic heterocycles. The number of aliphatic hydroxyl groups is 1. The summed E-state index contributed by atoms with van der Waals surface area (Å²) in [4.78, 5) is 2.46. The Labute approximate surface area is 80.1 Å². The molecule has 2 saturated heterocycles. The van der Waals surface area contributed by atoms with Gasteiger partial charge in [-0.3, -0.25) is 4.90 Å². The molecule has 2 aliphatic heterocycles. The predicted molar refractivity (Wildman–Crippen MR) is 52.7 cm³/mol. The molecule has 0 bridgehead atoms. The van der Waals surface area contributed by atoms with Gasteiger partial charge < -0.3 is 10.4 Å². The number of rotatable bonds is 1. The lowest BCUT2D eigenvalue weighted by atomic mass is 10.0. The van der Waals surface area contributed by atoms with Gasteiger partial charge in [0.15, 0.2) is 0 Å². The normalized spacial score (nSPS) is 37.6. The first kappa shape index (κ1) is 9.44. The van der Waals surface area contributed by atoms with E-state index in [0.29, 0.717) is 6.04 Å². The largest absolute Gasteiger partial charge is 0.392 e. The van der Waals surface area contributed by atoms with E-state index in [2.05, 4.69) is 10.2 Å². The maximum atomic E-state index is 9.55. The van der Waals surface area contributed by atoms with Crippen LogP contribution in [0.15, 0.2) is 0 Å². The first-order valence-corrected chi connectivity index (χ1v) is 5.49. The summed E-state index contributed by atoms with van der Waals surface area (Å²) in [5.41, 5.74) is 0. The van der Waals surface area contributed by atoms with Crippen LogP contribution in [0, 0.1) is 0 Å². The van der Waals surface area contributed by atoms with Gasteiger partial charge >= 0.3 is 0 Å². The highest BCUT2D eigenvalue weighted by atomic mass is 16.3. The van der Waals surface area contributed by atoms with E-state index in [1.54, 1.807) is 0 Å². The van der Waals surface area contributed by atoms with Crippen molar-refractivity contribution in [3.05, 3.63) is 0 Å².